The minimum absolute atomic E-state index is 0.146. The van der Waals surface area contributed by atoms with Crippen LogP contribution in [-0.4, -0.2) is 42.4 Å². The number of benzene rings is 1. The van der Waals surface area contributed by atoms with E-state index in [1.807, 2.05) is 24.3 Å². The second-order valence-corrected chi connectivity index (χ2v) is 6.02. The highest BCUT2D eigenvalue weighted by molar-refractivity contribution is 8.14. The number of anilines is 1. The van der Waals surface area contributed by atoms with Gasteiger partial charge in [-0.3, -0.25) is 9.79 Å². The molecular weight excluding hydrogens is 316 g/mol. The Labute approximate surface area is 139 Å². The third-order valence-electron chi connectivity index (χ3n) is 3.21. The normalized spacial score (nSPS) is 26.2. The van der Waals surface area contributed by atoms with E-state index in [0.717, 1.165) is 16.6 Å². The van der Waals surface area contributed by atoms with E-state index in [4.69, 9.17) is 14.2 Å². The lowest BCUT2D eigenvalue weighted by Crippen LogP contribution is -2.37. The minimum Gasteiger partial charge on any atom is -0.497 e. The molecule has 3 atom stereocenters. The fraction of sp³-hybridized carbons (Fsp3) is 0.375. The monoisotopic (exact) mass is 332 g/mol. The van der Waals surface area contributed by atoms with Crippen molar-refractivity contribution in [3.8, 4) is 5.75 Å². The maximum atomic E-state index is 10.8. The molecule has 0 unspecified atom stereocenters. The number of fused-ring (bicyclic) bond motifs is 1. The van der Waals surface area contributed by atoms with Crippen LogP contribution in [0.4, 0.5) is 5.69 Å². The number of carbonyl (C=O) groups excluding carboxylic acids is 1. The number of ether oxygens (including phenoxy) is 3. The van der Waals surface area contributed by atoms with E-state index in [-0.39, 0.29) is 24.1 Å². The van der Waals surface area contributed by atoms with Crippen LogP contribution in [0.5, 0.6) is 5.75 Å². The number of esters is 1. The van der Waals surface area contributed by atoms with Crippen molar-refractivity contribution >= 4 is 28.6 Å². The number of rotatable bonds is 4. The second-order valence-electron chi connectivity index (χ2n) is 4.93. The Morgan fingerprint density at radius 1 is 1.39 bits per heavy atom. The first-order valence-corrected chi connectivity index (χ1v) is 7.97. The lowest BCUT2D eigenvalue weighted by molar-refractivity contribution is -0.145. The van der Waals surface area contributed by atoms with Crippen LogP contribution in [0.15, 0.2) is 29.3 Å². The van der Waals surface area contributed by atoms with E-state index in [9.17, 15) is 4.79 Å². The summed E-state index contributed by atoms with van der Waals surface area (Å²) < 4.78 is 15.9. The van der Waals surface area contributed by atoms with Crippen LogP contribution >= 0.6 is 11.8 Å². The molecule has 1 N–H and O–H groups in total. The van der Waals surface area contributed by atoms with Gasteiger partial charge in [0.2, 0.25) is 0 Å². The van der Waals surface area contributed by atoms with Gasteiger partial charge in [0.15, 0.2) is 5.17 Å². The Morgan fingerprint density at radius 2 is 2.17 bits per heavy atom. The summed E-state index contributed by atoms with van der Waals surface area (Å²) in [6, 6.07) is 7.39. The summed E-state index contributed by atoms with van der Waals surface area (Å²) in [5, 5.41) is 3.99. The zero-order valence-corrected chi connectivity index (χ0v) is 13.6. The molecule has 2 aliphatic heterocycles. The average Bonchev–Trinajstić information content (AvgIpc) is 2.95. The van der Waals surface area contributed by atoms with Crippen LogP contribution in [0, 0.1) is 12.8 Å². The van der Waals surface area contributed by atoms with Crippen molar-refractivity contribution in [2.24, 2.45) is 4.99 Å². The molecule has 3 rings (SSSR count). The van der Waals surface area contributed by atoms with Crippen LogP contribution in [0.2, 0.25) is 0 Å². The molecule has 1 aromatic carbocycles. The molecule has 23 heavy (non-hydrogen) atoms. The highest BCUT2D eigenvalue weighted by Crippen LogP contribution is 2.35. The van der Waals surface area contributed by atoms with Gasteiger partial charge in [-0.15, -0.1) is 0 Å². The van der Waals surface area contributed by atoms with Crippen molar-refractivity contribution in [1.82, 2.24) is 0 Å². The molecule has 0 aromatic heterocycles. The van der Waals surface area contributed by atoms with Crippen molar-refractivity contribution in [3.63, 3.8) is 0 Å². The van der Waals surface area contributed by atoms with E-state index < -0.39 is 6.10 Å². The summed E-state index contributed by atoms with van der Waals surface area (Å²) in [6.07, 6.45) is 5.59. The lowest BCUT2D eigenvalue weighted by Gasteiger charge is -2.28. The van der Waals surface area contributed by atoms with Gasteiger partial charge in [-0.25, -0.2) is 0 Å². The van der Waals surface area contributed by atoms with Crippen LogP contribution < -0.4 is 10.1 Å². The molecule has 0 spiro atoms. The molecule has 2 heterocycles. The van der Waals surface area contributed by atoms with Crippen molar-refractivity contribution in [2.45, 2.75) is 24.5 Å². The molecule has 0 bridgehead atoms. The number of hydrogen-bond donors (Lipinski definition) is 1. The first-order valence-electron chi connectivity index (χ1n) is 7.09. The summed E-state index contributed by atoms with van der Waals surface area (Å²) in [4.78, 5) is 15.4. The smallest absolute Gasteiger partial charge is 0.302 e. The molecule has 0 aliphatic carbocycles. The van der Waals surface area contributed by atoms with E-state index in [2.05, 4.69) is 23.2 Å². The Bertz CT molecular complexity index is 590. The van der Waals surface area contributed by atoms with Gasteiger partial charge in [0, 0.05) is 25.5 Å². The number of carbonyl (C=O) groups is 1. The number of thioether (sulfide) groups is 1. The molecule has 0 saturated carbocycles. The third kappa shape index (κ3) is 4.17. The van der Waals surface area contributed by atoms with Crippen molar-refractivity contribution in [3.05, 3.63) is 37.1 Å². The predicted octanol–water partition coefficient (Wildman–Crippen LogP) is 2.03. The Kier molecular flexibility index (Phi) is 5.07. The molecular formula is C16H16N2O4S. The Balaban J connectivity index is 1.53. The maximum Gasteiger partial charge on any atom is 0.302 e. The summed E-state index contributed by atoms with van der Waals surface area (Å²) in [5.74, 6) is 0.461. The van der Waals surface area contributed by atoms with Gasteiger partial charge in [-0.2, -0.15) is 0 Å². The fourth-order valence-corrected chi connectivity index (χ4v) is 3.12. The quantitative estimate of drug-likeness (QED) is 0.851. The van der Waals surface area contributed by atoms with Gasteiger partial charge < -0.3 is 19.5 Å². The summed E-state index contributed by atoms with van der Waals surface area (Å²) >= 11 is 1.48. The van der Waals surface area contributed by atoms with E-state index >= 15 is 0 Å². The zero-order chi connectivity index (χ0) is 16.2. The topological polar surface area (TPSA) is 69.1 Å². The van der Waals surface area contributed by atoms with Crippen LogP contribution in [-0.2, 0) is 14.3 Å². The standard InChI is InChI=1S/C16H16N2O4S/c1-10(19)21-9-13-7-8-14-15(22-13)23-16(18-14)17-11-3-5-12(20-2)6-4-11/h3-6,13-15H,9H2,1-2H3,(H,17,18)/t13-,14-,15-/m1/s1. The van der Waals surface area contributed by atoms with Gasteiger partial charge in [-0.05, 0) is 24.3 Å². The van der Waals surface area contributed by atoms with E-state index in [0.29, 0.717) is 0 Å². The minimum atomic E-state index is -0.400. The summed E-state index contributed by atoms with van der Waals surface area (Å²) in [6.45, 7) is 1.51. The molecule has 0 amide bonds. The lowest BCUT2D eigenvalue weighted by atomic mass is 10.1. The van der Waals surface area contributed by atoms with Gasteiger partial charge >= 0.3 is 5.97 Å². The number of nitrogens with one attached hydrogen (secondary N) is 1. The number of nitrogens with zero attached hydrogens (tertiary/aromatic N) is 1. The molecule has 120 valence electrons. The predicted molar refractivity (Wildman–Crippen MR) is 87.2 cm³/mol. The van der Waals surface area contributed by atoms with Gasteiger partial charge in [0.25, 0.3) is 0 Å². The van der Waals surface area contributed by atoms with E-state index in [1.54, 1.807) is 7.11 Å². The largest absolute Gasteiger partial charge is 0.497 e. The van der Waals surface area contributed by atoms with Crippen molar-refractivity contribution in [1.29, 1.82) is 0 Å². The molecule has 4 radical (unpaired) electrons. The van der Waals surface area contributed by atoms with Crippen LogP contribution in [0.1, 0.15) is 6.92 Å². The SMILES string of the molecule is COc1ccc(NC2=N[C@@H]3[C][C][C@H](COC(C)=O)O[C@@H]3S2)cc1. The molecule has 6 nitrogen and oxygen atoms in total. The molecule has 1 fully saturated rings. The average molecular weight is 332 g/mol. The molecule has 7 heteroatoms. The number of amidine groups is 1. The Hall–Kier alpha value is -1.73. The highest BCUT2D eigenvalue weighted by atomic mass is 32.2. The van der Waals surface area contributed by atoms with E-state index in [1.165, 1.54) is 18.7 Å². The number of aliphatic imine (C=N–C) groups is 1. The summed E-state index contributed by atoms with van der Waals surface area (Å²) in [7, 11) is 1.63. The fourth-order valence-electron chi connectivity index (χ4n) is 2.10. The Morgan fingerprint density at radius 3 is 2.87 bits per heavy atom. The molecule has 2 aliphatic rings. The first-order chi connectivity index (χ1) is 11.1. The van der Waals surface area contributed by atoms with Crippen molar-refractivity contribution in [2.75, 3.05) is 19.0 Å². The van der Waals surface area contributed by atoms with Crippen LogP contribution in [0.3, 0.4) is 0 Å². The molecule has 1 saturated heterocycles. The summed E-state index contributed by atoms with van der Waals surface area (Å²) in [5.41, 5.74) is 0.734. The highest BCUT2D eigenvalue weighted by Gasteiger charge is 2.38. The van der Waals surface area contributed by atoms with Crippen molar-refractivity contribution < 1.29 is 19.0 Å². The first kappa shape index (κ1) is 16.1. The number of hydrogen-bond acceptors (Lipinski definition) is 7. The van der Waals surface area contributed by atoms with Gasteiger partial charge in [0.1, 0.15) is 23.9 Å². The molecule has 1 aromatic rings. The second kappa shape index (κ2) is 7.23. The van der Waals surface area contributed by atoms with Crippen LogP contribution in [0.25, 0.3) is 0 Å². The zero-order valence-electron chi connectivity index (χ0n) is 12.7. The van der Waals surface area contributed by atoms with Gasteiger partial charge in [-0.1, -0.05) is 11.8 Å². The number of methoxy groups -OCH3 is 1. The maximum absolute atomic E-state index is 10.8. The van der Waals surface area contributed by atoms with Gasteiger partial charge in [0.05, 0.1) is 13.2 Å². The third-order valence-corrected chi connectivity index (χ3v) is 4.24.